The SMILES string of the molecule is O=C(O)C1CCCCN1S(=O)(=O)c1cc(Cl)cc(Cl)c1. The van der Waals surface area contributed by atoms with Crippen LogP contribution in [0.25, 0.3) is 0 Å². The van der Waals surface area contributed by atoms with Crippen molar-refractivity contribution >= 4 is 39.2 Å². The fraction of sp³-hybridized carbons (Fsp3) is 0.417. The van der Waals surface area contributed by atoms with Gasteiger partial charge in [0, 0.05) is 16.6 Å². The standard InChI is InChI=1S/C12H13Cl2NO4S/c13-8-5-9(14)7-10(6-8)20(18,19)15-4-2-1-3-11(15)12(16)17/h5-7,11H,1-4H2,(H,16,17). The highest BCUT2D eigenvalue weighted by atomic mass is 35.5. The van der Waals surface area contributed by atoms with E-state index in [0.717, 1.165) is 4.31 Å². The van der Waals surface area contributed by atoms with Gasteiger partial charge in [-0.3, -0.25) is 4.79 Å². The number of benzene rings is 1. The number of rotatable bonds is 3. The number of hydrogen-bond donors (Lipinski definition) is 1. The first-order valence-electron chi connectivity index (χ1n) is 6.03. The summed E-state index contributed by atoms with van der Waals surface area (Å²) in [5, 5.41) is 9.56. The van der Waals surface area contributed by atoms with E-state index in [1.54, 1.807) is 0 Å². The number of piperidine rings is 1. The summed E-state index contributed by atoms with van der Waals surface area (Å²) in [4.78, 5) is 11.1. The van der Waals surface area contributed by atoms with Crippen LogP contribution in [0.1, 0.15) is 19.3 Å². The third-order valence-corrected chi connectivity index (χ3v) is 5.50. The normalized spacial score (nSPS) is 20.8. The maximum atomic E-state index is 12.6. The third kappa shape index (κ3) is 3.09. The van der Waals surface area contributed by atoms with Crippen LogP contribution in [-0.2, 0) is 14.8 Å². The molecule has 0 aromatic heterocycles. The van der Waals surface area contributed by atoms with Gasteiger partial charge in [-0.1, -0.05) is 23.2 Å². The van der Waals surface area contributed by atoms with Gasteiger partial charge in [-0.05, 0) is 37.5 Å². The maximum Gasteiger partial charge on any atom is 0.322 e. The lowest BCUT2D eigenvalue weighted by Crippen LogP contribution is -2.47. The summed E-state index contributed by atoms with van der Waals surface area (Å²) in [5.41, 5.74) is 0. The number of hydrogen-bond acceptors (Lipinski definition) is 3. The average molecular weight is 338 g/mol. The van der Waals surface area contributed by atoms with Crippen LogP contribution in [0.4, 0.5) is 0 Å². The second-order valence-electron chi connectivity index (χ2n) is 4.57. The summed E-state index contributed by atoms with van der Waals surface area (Å²) in [6, 6.07) is 2.94. The van der Waals surface area contributed by atoms with Crippen LogP contribution in [0, 0.1) is 0 Å². The monoisotopic (exact) mass is 337 g/mol. The number of aliphatic carboxylic acids is 1. The Morgan fingerprint density at radius 1 is 1.20 bits per heavy atom. The maximum absolute atomic E-state index is 12.6. The van der Waals surface area contributed by atoms with Gasteiger partial charge in [0.05, 0.1) is 4.90 Å². The molecule has 0 amide bonds. The molecule has 0 aliphatic carbocycles. The molecular formula is C12H13Cl2NO4S. The van der Waals surface area contributed by atoms with E-state index in [1.807, 2.05) is 0 Å². The second kappa shape index (κ2) is 5.89. The van der Waals surface area contributed by atoms with Crippen molar-refractivity contribution in [1.82, 2.24) is 4.31 Å². The second-order valence-corrected chi connectivity index (χ2v) is 7.33. The number of sulfonamides is 1. The van der Waals surface area contributed by atoms with Crippen molar-refractivity contribution in [3.8, 4) is 0 Å². The largest absolute Gasteiger partial charge is 0.480 e. The molecule has 1 aliphatic rings. The van der Waals surface area contributed by atoms with E-state index < -0.39 is 22.0 Å². The van der Waals surface area contributed by atoms with E-state index >= 15 is 0 Å². The van der Waals surface area contributed by atoms with Crippen LogP contribution in [0.2, 0.25) is 10.0 Å². The first-order valence-corrected chi connectivity index (χ1v) is 8.23. The lowest BCUT2D eigenvalue weighted by Gasteiger charge is -2.31. The first kappa shape index (κ1) is 15.6. The molecular weight excluding hydrogens is 325 g/mol. The van der Waals surface area contributed by atoms with Gasteiger partial charge >= 0.3 is 5.97 Å². The predicted molar refractivity (Wildman–Crippen MR) is 75.6 cm³/mol. The molecule has 1 saturated heterocycles. The molecule has 0 spiro atoms. The van der Waals surface area contributed by atoms with Gasteiger partial charge in [-0.15, -0.1) is 0 Å². The summed E-state index contributed by atoms with van der Waals surface area (Å²) >= 11 is 11.6. The molecule has 1 aromatic rings. The van der Waals surface area contributed by atoms with Gasteiger partial charge in [0.1, 0.15) is 6.04 Å². The van der Waals surface area contributed by atoms with Crippen LogP contribution < -0.4 is 0 Å². The summed E-state index contributed by atoms with van der Waals surface area (Å²) in [7, 11) is -3.92. The summed E-state index contributed by atoms with van der Waals surface area (Å²) < 4.78 is 26.1. The molecule has 1 N–H and O–H groups in total. The average Bonchev–Trinajstić information content (AvgIpc) is 2.37. The number of carboxylic acids is 1. The number of halogens is 2. The number of carboxylic acid groups (broad SMARTS) is 1. The van der Waals surface area contributed by atoms with Crippen LogP contribution in [-0.4, -0.2) is 36.4 Å². The van der Waals surface area contributed by atoms with Crippen LogP contribution in [0.3, 0.4) is 0 Å². The van der Waals surface area contributed by atoms with E-state index in [4.69, 9.17) is 28.3 Å². The van der Waals surface area contributed by atoms with Gasteiger partial charge in [0.15, 0.2) is 0 Å². The molecule has 1 atom stereocenters. The molecule has 0 bridgehead atoms. The van der Waals surface area contributed by atoms with E-state index in [9.17, 15) is 13.2 Å². The summed E-state index contributed by atoms with van der Waals surface area (Å²) in [6.45, 7) is 0.184. The third-order valence-electron chi connectivity index (χ3n) is 3.18. The molecule has 1 aliphatic heterocycles. The Labute approximate surface area is 127 Å². The smallest absolute Gasteiger partial charge is 0.322 e. The van der Waals surface area contributed by atoms with Gasteiger partial charge in [0.2, 0.25) is 10.0 Å². The van der Waals surface area contributed by atoms with E-state index in [0.29, 0.717) is 19.3 Å². The van der Waals surface area contributed by atoms with Crippen LogP contribution in [0.15, 0.2) is 23.1 Å². The number of carbonyl (C=O) groups is 1. The molecule has 0 saturated carbocycles. The van der Waals surface area contributed by atoms with Crippen molar-refractivity contribution in [2.45, 2.75) is 30.2 Å². The van der Waals surface area contributed by atoms with Gasteiger partial charge in [-0.25, -0.2) is 8.42 Å². The van der Waals surface area contributed by atoms with Gasteiger partial charge in [0.25, 0.3) is 0 Å². The zero-order chi connectivity index (χ0) is 14.9. The predicted octanol–water partition coefficient (Wildman–Crippen LogP) is 2.62. The molecule has 20 heavy (non-hydrogen) atoms. The van der Waals surface area contributed by atoms with Crippen molar-refractivity contribution in [3.63, 3.8) is 0 Å². The fourth-order valence-electron chi connectivity index (χ4n) is 2.25. The lowest BCUT2D eigenvalue weighted by molar-refractivity contribution is -0.142. The Morgan fingerprint density at radius 2 is 1.80 bits per heavy atom. The molecule has 1 fully saturated rings. The highest BCUT2D eigenvalue weighted by Crippen LogP contribution is 2.29. The quantitative estimate of drug-likeness (QED) is 0.919. The summed E-state index contributed by atoms with van der Waals surface area (Å²) in [5.74, 6) is -1.14. The zero-order valence-corrected chi connectivity index (χ0v) is 12.7. The molecule has 8 heteroatoms. The molecule has 1 unspecified atom stereocenters. The fourth-order valence-corrected chi connectivity index (χ4v) is 4.63. The van der Waals surface area contributed by atoms with E-state index in [1.165, 1.54) is 18.2 Å². The zero-order valence-electron chi connectivity index (χ0n) is 10.4. The summed E-state index contributed by atoms with van der Waals surface area (Å²) in [6.07, 6.45) is 1.64. The van der Waals surface area contributed by atoms with E-state index in [-0.39, 0.29) is 21.5 Å². The highest BCUT2D eigenvalue weighted by molar-refractivity contribution is 7.89. The molecule has 2 rings (SSSR count). The Bertz CT molecular complexity index is 612. The minimum Gasteiger partial charge on any atom is -0.480 e. The Kier molecular flexibility index (Phi) is 4.59. The van der Waals surface area contributed by atoms with Crippen molar-refractivity contribution in [1.29, 1.82) is 0 Å². The topological polar surface area (TPSA) is 74.7 Å². The van der Waals surface area contributed by atoms with Crippen molar-refractivity contribution in [2.75, 3.05) is 6.54 Å². The van der Waals surface area contributed by atoms with Crippen molar-refractivity contribution < 1.29 is 18.3 Å². The molecule has 1 aromatic carbocycles. The highest BCUT2D eigenvalue weighted by Gasteiger charge is 2.37. The van der Waals surface area contributed by atoms with Gasteiger partial charge in [-0.2, -0.15) is 4.31 Å². The molecule has 0 radical (unpaired) electrons. The Balaban J connectivity index is 2.44. The van der Waals surface area contributed by atoms with Crippen molar-refractivity contribution in [2.24, 2.45) is 0 Å². The molecule has 110 valence electrons. The van der Waals surface area contributed by atoms with Gasteiger partial charge < -0.3 is 5.11 Å². The molecule has 5 nitrogen and oxygen atoms in total. The van der Waals surface area contributed by atoms with E-state index in [2.05, 4.69) is 0 Å². The lowest BCUT2D eigenvalue weighted by atomic mass is 10.1. The Hall–Kier alpha value is -0.820. The number of nitrogens with zero attached hydrogens (tertiary/aromatic N) is 1. The van der Waals surface area contributed by atoms with Crippen molar-refractivity contribution in [3.05, 3.63) is 28.2 Å². The van der Waals surface area contributed by atoms with Crippen LogP contribution >= 0.6 is 23.2 Å². The first-order chi connectivity index (χ1) is 9.32. The van der Waals surface area contributed by atoms with Crippen LogP contribution in [0.5, 0.6) is 0 Å². The molecule has 1 heterocycles. The minimum absolute atomic E-state index is 0.0804. The minimum atomic E-state index is -3.92. The Morgan fingerprint density at radius 3 is 2.35 bits per heavy atom.